The topological polar surface area (TPSA) is 60.9 Å². The van der Waals surface area contributed by atoms with Crippen LogP contribution in [-0.2, 0) is 9.59 Å². The van der Waals surface area contributed by atoms with E-state index >= 15 is 0 Å². The summed E-state index contributed by atoms with van der Waals surface area (Å²) in [5, 5.41) is 9.23. The molecule has 23 heavy (non-hydrogen) atoms. The summed E-state index contributed by atoms with van der Waals surface area (Å²) in [4.78, 5) is 28.1. The standard InChI is InChI=1S/C18H28N2O3/c21-15-10-17(13-19(15)12-14-2-3-14)6-8-20(9-7-17)18(4-1-5-18)11-16(22)23/h14H,1-13H2,(H,22,23). The molecular weight excluding hydrogens is 292 g/mol. The number of carbonyl (C=O) groups excluding carboxylic acids is 1. The molecule has 2 saturated carbocycles. The molecule has 2 aliphatic heterocycles. The first kappa shape index (κ1) is 15.4. The van der Waals surface area contributed by atoms with Crippen molar-refractivity contribution >= 4 is 11.9 Å². The third kappa shape index (κ3) is 2.88. The fourth-order valence-corrected chi connectivity index (χ4v) is 5.02. The molecule has 4 fully saturated rings. The van der Waals surface area contributed by atoms with E-state index in [1.807, 2.05) is 0 Å². The van der Waals surface area contributed by atoms with Gasteiger partial charge in [0.2, 0.25) is 5.91 Å². The lowest BCUT2D eigenvalue weighted by Gasteiger charge is -2.53. The van der Waals surface area contributed by atoms with E-state index in [-0.39, 0.29) is 17.4 Å². The lowest BCUT2D eigenvalue weighted by atomic mass is 9.69. The van der Waals surface area contributed by atoms with Gasteiger partial charge >= 0.3 is 5.97 Å². The second-order valence-corrected chi connectivity index (χ2v) is 8.53. The largest absolute Gasteiger partial charge is 0.481 e. The first-order valence-electron chi connectivity index (χ1n) is 9.25. The first-order chi connectivity index (χ1) is 11.0. The Balaban J connectivity index is 1.37. The van der Waals surface area contributed by atoms with Gasteiger partial charge < -0.3 is 10.0 Å². The molecule has 2 saturated heterocycles. The molecule has 0 aromatic rings. The molecule has 0 aromatic heterocycles. The Morgan fingerprint density at radius 3 is 2.39 bits per heavy atom. The van der Waals surface area contributed by atoms with Crippen LogP contribution in [0.2, 0.25) is 0 Å². The van der Waals surface area contributed by atoms with Crippen LogP contribution in [0.4, 0.5) is 0 Å². The molecule has 0 atom stereocenters. The van der Waals surface area contributed by atoms with Gasteiger partial charge in [0.1, 0.15) is 0 Å². The second-order valence-electron chi connectivity index (χ2n) is 8.53. The van der Waals surface area contributed by atoms with Crippen LogP contribution in [0.15, 0.2) is 0 Å². The van der Waals surface area contributed by atoms with Gasteiger partial charge in [0.05, 0.1) is 6.42 Å². The maximum Gasteiger partial charge on any atom is 0.305 e. The minimum atomic E-state index is -0.670. The van der Waals surface area contributed by atoms with E-state index < -0.39 is 5.97 Å². The summed E-state index contributed by atoms with van der Waals surface area (Å²) in [6, 6.07) is 0. The number of carboxylic acid groups (broad SMARTS) is 1. The third-order valence-electron chi connectivity index (χ3n) is 6.84. The second kappa shape index (κ2) is 5.47. The van der Waals surface area contributed by atoms with E-state index in [0.29, 0.717) is 5.91 Å². The van der Waals surface area contributed by atoms with Crippen molar-refractivity contribution < 1.29 is 14.7 Å². The van der Waals surface area contributed by atoms with Gasteiger partial charge in [0.25, 0.3) is 0 Å². The SMILES string of the molecule is O=C(O)CC1(N2CCC3(CC2)CC(=O)N(CC2CC2)C3)CCC1. The summed E-state index contributed by atoms with van der Waals surface area (Å²) in [7, 11) is 0. The van der Waals surface area contributed by atoms with Crippen molar-refractivity contribution in [1.82, 2.24) is 9.80 Å². The fraction of sp³-hybridized carbons (Fsp3) is 0.889. The van der Waals surface area contributed by atoms with Crippen molar-refractivity contribution in [3.63, 3.8) is 0 Å². The van der Waals surface area contributed by atoms with E-state index in [1.54, 1.807) is 0 Å². The number of likely N-dealkylation sites (tertiary alicyclic amines) is 2. The fourth-order valence-electron chi connectivity index (χ4n) is 5.02. The van der Waals surface area contributed by atoms with Crippen LogP contribution in [0, 0.1) is 11.3 Å². The highest BCUT2D eigenvalue weighted by molar-refractivity contribution is 5.79. The van der Waals surface area contributed by atoms with E-state index in [9.17, 15) is 14.7 Å². The Labute approximate surface area is 138 Å². The van der Waals surface area contributed by atoms with Crippen LogP contribution in [0.3, 0.4) is 0 Å². The van der Waals surface area contributed by atoms with Gasteiger partial charge in [-0.3, -0.25) is 14.5 Å². The molecule has 128 valence electrons. The molecule has 1 spiro atoms. The van der Waals surface area contributed by atoms with Crippen LogP contribution in [0.25, 0.3) is 0 Å². The molecule has 2 heterocycles. The van der Waals surface area contributed by atoms with Gasteiger partial charge in [-0.1, -0.05) is 0 Å². The van der Waals surface area contributed by atoms with E-state index in [4.69, 9.17) is 0 Å². The number of hydrogen-bond acceptors (Lipinski definition) is 3. The monoisotopic (exact) mass is 320 g/mol. The van der Waals surface area contributed by atoms with Gasteiger partial charge in [0, 0.05) is 25.0 Å². The lowest BCUT2D eigenvalue weighted by Crippen LogP contribution is -2.58. The molecule has 5 nitrogen and oxygen atoms in total. The van der Waals surface area contributed by atoms with E-state index in [1.165, 1.54) is 12.8 Å². The summed E-state index contributed by atoms with van der Waals surface area (Å²) in [6.45, 7) is 3.87. The zero-order valence-electron chi connectivity index (χ0n) is 13.9. The van der Waals surface area contributed by atoms with Crippen molar-refractivity contribution in [3.05, 3.63) is 0 Å². The normalized spacial score (nSPS) is 29.7. The number of hydrogen-bond donors (Lipinski definition) is 1. The van der Waals surface area contributed by atoms with Gasteiger partial charge in [0.15, 0.2) is 0 Å². The minimum Gasteiger partial charge on any atom is -0.481 e. The summed E-state index contributed by atoms with van der Waals surface area (Å²) in [6.07, 6.45) is 8.92. The predicted molar refractivity (Wildman–Crippen MR) is 86.0 cm³/mol. The zero-order chi connectivity index (χ0) is 16.1. The third-order valence-corrected chi connectivity index (χ3v) is 6.84. The average molecular weight is 320 g/mol. The number of carboxylic acids is 1. The molecule has 0 unspecified atom stereocenters. The van der Waals surface area contributed by atoms with Crippen molar-refractivity contribution in [2.45, 2.75) is 63.3 Å². The van der Waals surface area contributed by atoms with Crippen molar-refractivity contribution in [2.75, 3.05) is 26.2 Å². The molecule has 5 heteroatoms. The van der Waals surface area contributed by atoms with Crippen molar-refractivity contribution in [3.8, 4) is 0 Å². The van der Waals surface area contributed by atoms with Crippen LogP contribution >= 0.6 is 0 Å². The number of piperidine rings is 1. The summed E-state index contributed by atoms with van der Waals surface area (Å²) >= 11 is 0. The minimum absolute atomic E-state index is 0.0796. The van der Waals surface area contributed by atoms with Crippen LogP contribution in [-0.4, -0.2) is 58.5 Å². The number of amides is 1. The molecule has 4 aliphatic rings. The molecule has 1 amide bonds. The molecule has 4 rings (SSSR count). The smallest absolute Gasteiger partial charge is 0.305 e. The maximum absolute atomic E-state index is 12.3. The average Bonchev–Trinajstić information content (AvgIpc) is 3.22. The quantitative estimate of drug-likeness (QED) is 0.843. The first-order valence-corrected chi connectivity index (χ1v) is 9.25. The summed E-state index contributed by atoms with van der Waals surface area (Å²) < 4.78 is 0. The molecule has 0 aromatic carbocycles. The Morgan fingerprint density at radius 2 is 1.87 bits per heavy atom. The van der Waals surface area contributed by atoms with Crippen molar-refractivity contribution in [1.29, 1.82) is 0 Å². The summed E-state index contributed by atoms with van der Waals surface area (Å²) in [5.41, 5.74) is 0.0976. The highest BCUT2D eigenvalue weighted by Crippen LogP contribution is 2.47. The number of carbonyl (C=O) groups is 2. The van der Waals surface area contributed by atoms with Crippen LogP contribution in [0.1, 0.15) is 57.8 Å². The molecular formula is C18H28N2O3. The van der Waals surface area contributed by atoms with Crippen LogP contribution < -0.4 is 0 Å². The van der Waals surface area contributed by atoms with E-state index in [2.05, 4.69) is 9.80 Å². The van der Waals surface area contributed by atoms with Gasteiger partial charge in [-0.25, -0.2) is 0 Å². The van der Waals surface area contributed by atoms with Gasteiger partial charge in [-0.05, 0) is 69.4 Å². The molecule has 0 radical (unpaired) electrons. The molecule has 2 aliphatic carbocycles. The Kier molecular flexibility index (Phi) is 3.67. The van der Waals surface area contributed by atoms with Crippen LogP contribution in [0.5, 0.6) is 0 Å². The summed E-state index contributed by atoms with van der Waals surface area (Å²) in [5.74, 6) is 0.453. The molecule has 0 bridgehead atoms. The highest BCUT2D eigenvalue weighted by atomic mass is 16.4. The van der Waals surface area contributed by atoms with E-state index in [0.717, 1.165) is 70.6 Å². The van der Waals surface area contributed by atoms with Crippen molar-refractivity contribution in [2.24, 2.45) is 11.3 Å². The zero-order valence-corrected chi connectivity index (χ0v) is 13.9. The highest BCUT2D eigenvalue weighted by Gasteiger charge is 2.50. The van der Waals surface area contributed by atoms with Gasteiger partial charge in [-0.2, -0.15) is 0 Å². The molecule has 1 N–H and O–H groups in total. The lowest BCUT2D eigenvalue weighted by molar-refractivity contribution is -0.143. The number of nitrogens with zero attached hydrogens (tertiary/aromatic N) is 2. The number of rotatable bonds is 5. The number of aliphatic carboxylic acids is 1. The Bertz CT molecular complexity index is 502. The Hall–Kier alpha value is -1.10. The van der Waals surface area contributed by atoms with Gasteiger partial charge in [-0.15, -0.1) is 0 Å². The Morgan fingerprint density at radius 1 is 1.17 bits per heavy atom. The maximum atomic E-state index is 12.3. The predicted octanol–water partition coefficient (Wildman–Crippen LogP) is 2.11.